The first-order chi connectivity index (χ1) is 8.99. The zero-order chi connectivity index (χ0) is 14.3. The van der Waals surface area contributed by atoms with Crippen LogP contribution in [0.1, 0.15) is 31.4 Å². The van der Waals surface area contributed by atoms with Gasteiger partial charge in [0.25, 0.3) is 0 Å². The lowest BCUT2D eigenvalue weighted by Crippen LogP contribution is -2.32. The molecule has 0 unspecified atom stereocenters. The minimum atomic E-state index is -0.195. The van der Waals surface area contributed by atoms with E-state index in [0.29, 0.717) is 13.0 Å². The number of aryl methyl sites for hydroxylation is 1. The summed E-state index contributed by atoms with van der Waals surface area (Å²) in [5.41, 5.74) is 2.11. The fourth-order valence-corrected chi connectivity index (χ4v) is 1.88. The van der Waals surface area contributed by atoms with Gasteiger partial charge in [-0.2, -0.15) is 0 Å². The van der Waals surface area contributed by atoms with Crippen LogP contribution in [0.5, 0.6) is 0 Å². The molecular weight excluding hydrogens is 243 g/mol. The number of benzene rings is 1. The van der Waals surface area contributed by atoms with E-state index in [-0.39, 0.29) is 17.8 Å². The topological polar surface area (TPSA) is 41.1 Å². The fraction of sp³-hybridized carbons (Fsp3) is 0.533. The molecule has 0 saturated carbocycles. The van der Waals surface area contributed by atoms with E-state index in [1.807, 2.05) is 26.8 Å². The highest BCUT2D eigenvalue weighted by Gasteiger charge is 2.03. The largest absolute Gasteiger partial charge is 0.354 e. The van der Waals surface area contributed by atoms with Crippen LogP contribution in [-0.2, 0) is 11.2 Å². The van der Waals surface area contributed by atoms with Crippen LogP contribution in [0, 0.1) is 12.7 Å². The zero-order valence-corrected chi connectivity index (χ0v) is 11.9. The van der Waals surface area contributed by atoms with E-state index in [1.54, 1.807) is 6.07 Å². The van der Waals surface area contributed by atoms with Gasteiger partial charge < -0.3 is 10.6 Å². The third-order valence-electron chi connectivity index (χ3n) is 2.85. The van der Waals surface area contributed by atoms with Gasteiger partial charge in [0.05, 0.1) is 0 Å². The molecule has 1 amide bonds. The van der Waals surface area contributed by atoms with Crippen LogP contribution in [0.2, 0.25) is 0 Å². The van der Waals surface area contributed by atoms with Crippen molar-refractivity contribution in [3.05, 3.63) is 35.1 Å². The molecule has 0 aliphatic rings. The van der Waals surface area contributed by atoms with Crippen molar-refractivity contribution in [2.75, 3.05) is 13.1 Å². The number of halogens is 1. The third kappa shape index (κ3) is 6.34. The maximum Gasteiger partial charge on any atom is 0.221 e. The number of rotatable bonds is 7. The van der Waals surface area contributed by atoms with E-state index in [2.05, 4.69) is 10.6 Å². The van der Waals surface area contributed by atoms with E-state index in [9.17, 15) is 9.18 Å². The lowest BCUT2D eigenvalue weighted by Gasteiger charge is -2.09. The molecule has 0 bridgehead atoms. The van der Waals surface area contributed by atoms with Gasteiger partial charge in [0.1, 0.15) is 5.82 Å². The molecule has 0 heterocycles. The summed E-state index contributed by atoms with van der Waals surface area (Å²) in [7, 11) is 0. The van der Waals surface area contributed by atoms with Gasteiger partial charge in [-0.15, -0.1) is 0 Å². The van der Waals surface area contributed by atoms with Crippen molar-refractivity contribution in [2.45, 2.75) is 39.7 Å². The maximum absolute atomic E-state index is 12.9. The molecule has 1 aromatic carbocycles. The molecular formula is C15H23FN2O. The maximum atomic E-state index is 12.9. The van der Waals surface area contributed by atoms with Crippen LogP contribution < -0.4 is 10.6 Å². The molecule has 2 N–H and O–H groups in total. The molecule has 0 aliphatic carbocycles. The molecule has 0 aromatic heterocycles. The Labute approximate surface area is 114 Å². The summed E-state index contributed by atoms with van der Waals surface area (Å²) < 4.78 is 12.9. The number of hydrogen-bond acceptors (Lipinski definition) is 2. The smallest absolute Gasteiger partial charge is 0.221 e. The van der Waals surface area contributed by atoms with E-state index < -0.39 is 0 Å². The van der Waals surface area contributed by atoms with Crippen LogP contribution in [0.25, 0.3) is 0 Å². The molecule has 19 heavy (non-hydrogen) atoms. The van der Waals surface area contributed by atoms with Crippen molar-refractivity contribution in [1.29, 1.82) is 0 Å². The molecule has 0 fully saturated rings. The first-order valence-electron chi connectivity index (χ1n) is 6.74. The van der Waals surface area contributed by atoms with Crippen molar-refractivity contribution >= 4 is 5.91 Å². The molecule has 4 heteroatoms. The summed E-state index contributed by atoms with van der Waals surface area (Å²) in [4.78, 5) is 11.4. The predicted molar refractivity (Wildman–Crippen MR) is 75.6 cm³/mol. The number of hydrogen-bond donors (Lipinski definition) is 2. The average Bonchev–Trinajstić information content (AvgIpc) is 2.30. The Morgan fingerprint density at radius 1 is 1.32 bits per heavy atom. The van der Waals surface area contributed by atoms with Crippen LogP contribution in [0.15, 0.2) is 18.2 Å². The lowest BCUT2D eigenvalue weighted by molar-refractivity contribution is -0.121. The molecule has 106 valence electrons. The van der Waals surface area contributed by atoms with E-state index in [0.717, 1.165) is 24.1 Å². The fourth-order valence-electron chi connectivity index (χ4n) is 1.88. The van der Waals surface area contributed by atoms with E-state index in [1.165, 1.54) is 6.07 Å². The average molecular weight is 266 g/mol. The monoisotopic (exact) mass is 266 g/mol. The Hall–Kier alpha value is -1.42. The van der Waals surface area contributed by atoms with Crippen molar-refractivity contribution in [3.63, 3.8) is 0 Å². The summed E-state index contributed by atoms with van der Waals surface area (Å²) in [5, 5.41) is 6.07. The van der Waals surface area contributed by atoms with Crippen LogP contribution >= 0.6 is 0 Å². The molecule has 1 rings (SSSR count). The second-order valence-electron chi connectivity index (χ2n) is 5.04. The lowest BCUT2D eigenvalue weighted by atomic mass is 10.1. The van der Waals surface area contributed by atoms with Gasteiger partial charge in [-0.25, -0.2) is 4.39 Å². The van der Waals surface area contributed by atoms with Gasteiger partial charge in [0.2, 0.25) is 5.91 Å². The Morgan fingerprint density at radius 3 is 2.68 bits per heavy atom. The Balaban J connectivity index is 2.19. The standard InChI is InChI=1S/C15H23FN2O/c1-11(2)18-15(19)7-9-17-8-6-13-4-5-14(16)10-12(13)3/h4-5,10-11,17H,6-9H2,1-3H3,(H,18,19). The van der Waals surface area contributed by atoms with Crippen molar-refractivity contribution in [3.8, 4) is 0 Å². The van der Waals surface area contributed by atoms with E-state index in [4.69, 9.17) is 0 Å². The van der Waals surface area contributed by atoms with Crippen LogP contribution in [0.3, 0.4) is 0 Å². The van der Waals surface area contributed by atoms with Gasteiger partial charge in [0, 0.05) is 19.0 Å². The van der Waals surface area contributed by atoms with E-state index >= 15 is 0 Å². The second-order valence-corrected chi connectivity index (χ2v) is 5.04. The number of carbonyl (C=O) groups excluding carboxylic acids is 1. The third-order valence-corrected chi connectivity index (χ3v) is 2.85. The minimum Gasteiger partial charge on any atom is -0.354 e. The van der Waals surface area contributed by atoms with Gasteiger partial charge in [-0.05, 0) is 57.0 Å². The van der Waals surface area contributed by atoms with Gasteiger partial charge in [0.15, 0.2) is 0 Å². The quantitative estimate of drug-likeness (QED) is 0.743. The van der Waals surface area contributed by atoms with Crippen molar-refractivity contribution in [1.82, 2.24) is 10.6 Å². The first-order valence-corrected chi connectivity index (χ1v) is 6.74. The van der Waals surface area contributed by atoms with Gasteiger partial charge in [-0.1, -0.05) is 6.07 Å². The molecule has 0 atom stereocenters. The van der Waals surface area contributed by atoms with Crippen LogP contribution in [0.4, 0.5) is 4.39 Å². The first kappa shape index (κ1) is 15.6. The zero-order valence-electron chi connectivity index (χ0n) is 11.9. The Kier molecular flexibility index (Phi) is 6.50. The van der Waals surface area contributed by atoms with Gasteiger partial charge >= 0.3 is 0 Å². The Bertz CT molecular complexity index is 419. The van der Waals surface area contributed by atoms with Crippen molar-refractivity contribution < 1.29 is 9.18 Å². The summed E-state index contributed by atoms with van der Waals surface area (Å²) in [6, 6.07) is 5.04. The van der Waals surface area contributed by atoms with Gasteiger partial charge in [-0.3, -0.25) is 4.79 Å². The molecule has 0 aliphatic heterocycles. The molecule has 0 spiro atoms. The highest BCUT2D eigenvalue weighted by molar-refractivity contribution is 5.76. The van der Waals surface area contributed by atoms with Crippen molar-refractivity contribution in [2.24, 2.45) is 0 Å². The molecule has 1 aromatic rings. The highest BCUT2D eigenvalue weighted by Crippen LogP contribution is 2.10. The normalized spacial score (nSPS) is 10.8. The summed E-state index contributed by atoms with van der Waals surface area (Å²) >= 11 is 0. The molecule has 3 nitrogen and oxygen atoms in total. The number of nitrogens with one attached hydrogen (secondary N) is 2. The summed E-state index contributed by atoms with van der Waals surface area (Å²) in [5.74, 6) is -0.125. The SMILES string of the molecule is Cc1cc(F)ccc1CCNCCC(=O)NC(C)C. The summed E-state index contributed by atoms with van der Waals surface area (Å²) in [6.45, 7) is 7.26. The second kappa shape index (κ2) is 7.89. The number of amides is 1. The summed E-state index contributed by atoms with van der Waals surface area (Å²) in [6.07, 6.45) is 1.33. The Morgan fingerprint density at radius 2 is 2.05 bits per heavy atom. The predicted octanol–water partition coefficient (Wildman–Crippen LogP) is 2.18. The van der Waals surface area contributed by atoms with Crippen LogP contribution in [-0.4, -0.2) is 25.0 Å². The minimum absolute atomic E-state index is 0.0699. The highest BCUT2D eigenvalue weighted by atomic mass is 19.1. The number of carbonyl (C=O) groups is 1. The molecule has 0 saturated heterocycles. The molecule has 0 radical (unpaired) electrons.